The van der Waals surface area contributed by atoms with Crippen LogP contribution in [0.2, 0.25) is 0 Å². The van der Waals surface area contributed by atoms with Gasteiger partial charge in [-0.25, -0.2) is 4.68 Å². The summed E-state index contributed by atoms with van der Waals surface area (Å²) < 4.78 is 9.07. The molecule has 11 nitrogen and oxygen atoms in total. The predicted octanol–water partition coefficient (Wildman–Crippen LogP) is 1.73. The molecule has 0 spiro atoms. The van der Waals surface area contributed by atoms with Gasteiger partial charge < -0.3 is 15.2 Å². The predicted molar refractivity (Wildman–Crippen MR) is 122 cm³/mol. The summed E-state index contributed by atoms with van der Waals surface area (Å²) in [5.41, 5.74) is 9.76. The standard InChI is InChI=1S/C22H26N10O/c1-24-22(23)32-9-3-4-18(32)10-20-26-21(28-33-20)16-7-5-15(6-8-16)12-31-14-19(27-29-31)17-11-25-30(2)13-17/h5-8,11,13-14,18H,3-4,9-10,12H2,1-2H3,(H2,23,24). The Balaban J connectivity index is 1.23. The van der Waals surface area contributed by atoms with E-state index in [-0.39, 0.29) is 6.04 Å². The van der Waals surface area contributed by atoms with Crippen molar-refractivity contribution in [2.45, 2.75) is 31.8 Å². The topological polar surface area (TPSA) is 129 Å². The summed E-state index contributed by atoms with van der Waals surface area (Å²) in [5, 5.41) is 16.8. The van der Waals surface area contributed by atoms with Gasteiger partial charge in [-0.1, -0.05) is 34.6 Å². The smallest absolute Gasteiger partial charge is 0.229 e. The second-order valence-corrected chi connectivity index (χ2v) is 8.19. The number of hydrogen-bond acceptors (Lipinski definition) is 7. The van der Waals surface area contributed by atoms with Crippen molar-refractivity contribution >= 4 is 5.96 Å². The molecule has 2 N–H and O–H groups in total. The van der Waals surface area contributed by atoms with Crippen LogP contribution in [0.4, 0.5) is 0 Å². The Kier molecular flexibility index (Phi) is 5.59. The fraction of sp³-hybridized carbons (Fsp3) is 0.364. The Hall–Kier alpha value is -4.02. The third-order valence-corrected chi connectivity index (χ3v) is 5.87. The van der Waals surface area contributed by atoms with E-state index in [2.05, 4.69) is 35.4 Å². The fourth-order valence-corrected chi connectivity index (χ4v) is 4.14. The van der Waals surface area contributed by atoms with Gasteiger partial charge in [0.2, 0.25) is 11.7 Å². The van der Waals surface area contributed by atoms with Crippen molar-refractivity contribution in [2.24, 2.45) is 17.8 Å². The maximum atomic E-state index is 6.02. The number of likely N-dealkylation sites (tertiary alicyclic amines) is 1. The molecule has 0 bridgehead atoms. The summed E-state index contributed by atoms with van der Waals surface area (Å²) >= 11 is 0. The van der Waals surface area contributed by atoms with Crippen molar-refractivity contribution in [1.29, 1.82) is 0 Å². The zero-order chi connectivity index (χ0) is 22.8. The zero-order valence-corrected chi connectivity index (χ0v) is 18.7. The molecule has 4 heterocycles. The summed E-state index contributed by atoms with van der Waals surface area (Å²) in [6, 6.07) is 8.30. The van der Waals surface area contributed by atoms with E-state index in [1.165, 1.54) is 0 Å². The minimum absolute atomic E-state index is 0.239. The normalized spacial score (nSPS) is 16.6. The third kappa shape index (κ3) is 4.47. The second-order valence-electron chi connectivity index (χ2n) is 8.19. The lowest BCUT2D eigenvalue weighted by molar-refractivity contribution is 0.321. The van der Waals surface area contributed by atoms with Crippen LogP contribution in [0.3, 0.4) is 0 Å². The van der Waals surface area contributed by atoms with Crippen LogP contribution in [0.15, 0.2) is 52.4 Å². The third-order valence-electron chi connectivity index (χ3n) is 5.87. The average Bonchev–Trinajstić information content (AvgIpc) is 3.62. The molecule has 1 aliphatic rings. The van der Waals surface area contributed by atoms with Crippen LogP contribution < -0.4 is 5.73 Å². The van der Waals surface area contributed by atoms with Crippen LogP contribution in [0.1, 0.15) is 24.3 Å². The molecule has 0 saturated carbocycles. The number of hydrogen-bond donors (Lipinski definition) is 1. The van der Waals surface area contributed by atoms with Gasteiger partial charge in [0.1, 0.15) is 5.69 Å². The van der Waals surface area contributed by atoms with Crippen molar-refractivity contribution in [1.82, 2.24) is 39.8 Å². The molecular formula is C22H26N10O. The minimum Gasteiger partial charge on any atom is -0.370 e. The Labute approximate surface area is 190 Å². The van der Waals surface area contributed by atoms with Crippen molar-refractivity contribution < 1.29 is 4.52 Å². The molecule has 170 valence electrons. The first-order valence-corrected chi connectivity index (χ1v) is 10.9. The largest absolute Gasteiger partial charge is 0.370 e. The van der Waals surface area contributed by atoms with Gasteiger partial charge >= 0.3 is 0 Å². The van der Waals surface area contributed by atoms with Crippen LogP contribution in [-0.2, 0) is 20.0 Å². The number of guanidine groups is 1. The van der Waals surface area contributed by atoms with Crippen LogP contribution in [-0.4, -0.2) is 65.4 Å². The van der Waals surface area contributed by atoms with Gasteiger partial charge in [-0.15, -0.1) is 5.10 Å². The van der Waals surface area contributed by atoms with Gasteiger partial charge in [0.05, 0.1) is 18.9 Å². The van der Waals surface area contributed by atoms with Crippen molar-refractivity contribution in [3.05, 3.63) is 54.3 Å². The highest BCUT2D eigenvalue weighted by Crippen LogP contribution is 2.23. The molecule has 1 fully saturated rings. The van der Waals surface area contributed by atoms with Gasteiger partial charge in [-0.3, -0.25) is 9.67 Å². The SMILES string of the molecule is C/N=C(/N)N1CCCC1Cc1nc(-c2ccc(Cn3cc(-c4cnn(C)c4)nn3)cc2)no1. The maximum Gasteiger partial charge on any atom is 0.229 e. The lowest BCUT2D eigenvalue weighted by Gasteiger charge is -2.24. The first kappa shape index (κ1) is 20.9. The minimum atomic E-state index is 0.239. The van der Waals surface area contributed by atoms with Gasteiger partial charge in [-0.05, 0) is 18.4 Å². The molecule has 1 atom stereocenters. The molecule has 1 unspecified atom stereocenters. The Bertz CT molecular complexity index is 1250. The lowest BCUT2D eigenvalue weighted by atomic mass is 10.1. The Morgan fingerprint density at radius 2 is 2.06 bits per heavy atom. The maximum absolute atomic E-state index is 6.02. The van der Waals surface area contributed by atoms with Gasteiger partial charge in [-0.2, -0.15) is 10.1 Å². The highest BCUT2D eigenvalue weighted by Gasteiger charge is 2.28. The first-order valence-electron chi connectivity index (χ1n) is 10.9. The number of benzene rings is 1. The number of aryl methyl sites for hydroxylation is 1. The average molecular weight is 447 g/mol. The highest BCUT2D eigenvalue weighted by molar-refractivity contribution is 5.78. The molecule has 1 aliphatic heterocycles. The van der Waals surface area contributed by atoms with Gasteiger partial charge in [0, 0.05) is 50.4 Å². The van der Waals surface area contributed by atoms with Crippen molar-refractivity contribution in [3.63, 3.8) is 0 Å². The molecule has 11 heteroatoms. The summed E-state index contributed by atoms with van der Waals surface area (Å²) in [4.78, 5) is 10.8. The summed E-state index contributed by atoms with van der Waals surface area (Å²) in [6.45, 7) is 1.52. The number of aromatic nitrogens is 7. The number of rotatable bonds is 6. The monoisotopic (exact) mass is 446 g/mol. The van der Waals surface area contributed by atoms with E-state index in [1.807, 2.05) is 48.4 Å². The number of nitrogens with two attached hydrogens (primary N) is 1. The quantitative estimate of drug-likeness (QED) is 0.350. The van der Waals surface area contributed by atoms with E-state index < -0.39 is 0 Å². The van der Waals surface area contributed by atoms with E-state index in [9.17, 15) is 0 Å². The fourth-order valence-electron chi connectivity index (χ4n) is 4.14. The molecule has 0 aliphatic carbocycles. The lowest BCUT2D eigenvalue weighted by Crippen LogP contribution is -2.41. The molecule has 3 aromatic heterocycles. The first-order chi connectivity index (χ1) is 16.1. The van der Waals surface area contributed by atoms with Crippen LogP contribution in [0.5, 0.6) is 0 Å². The summed E-state index contributed by atoms with van der Waals surface area (Å²) in [6.07, 6.45) is 8.38. The molecular weight excluding hydrogens is 420 g/mol. The van der Waals surface area contributed by atoms with Gasteiger partial charge in [0.15, 0.2) is 5.96 Å². The summed E-state index contributed by atoms with van der Waals surface area (Å²) in [7, 11) is 3.59. The molecule has 4 aromatic rings. The van der Waals surface area contributed by atoms with Crippen molar-refractivity contribution in [3.8, 4) is 22.6 Å². The molecule has 1 saturated heterocycles. The van der Waals surface area contributed by atoms with Crippen molar-refractivity contribution in [2.75, 3.05) is 13.6 Å². The van der Waals surface area contributed by atoms with E-state index in [0.717, 1.165) is 41.8 Å². The number of aliphatic imine (C=N–C) groups is 1. The Morgan fingerprint density at radius 3 is 2.82 bits per heavy atom. The van der Waals surface area contributed by atoms with E-state index in [4.69, 9.17) is 10.3 Å². The van der Waals surface area contributed by atoms with Crippen LogP contribution in [0, 0.1) is 0 Å². The number of nitrogens with zero attached hydrogens (tertiary/aromatic N) is 9. The highest BCUT2D eigenvalue weighted by atomic mass is 16.5. The van der Waals surface area contributed by atoms with E-state index >= 15 is 0 Å². The molecule has 0 amide bonds. The second kappa shape index (κ2) is 8.85. The van der Waals surface area contributed by atoms with Crippen LogP contribution >= 0.6 is 0 Å². The molecule has 0 radical (unpaired) electrons. The van der Waals surface area contributed by atoms with E-state index in [1.54, 1.807) is 17.9 Å². The molecule has 1 aromatic carbocycles. The van der Waals surface area contributed by atoms with E-state index in [0.29, 0.717) is 30.6 Å². The molecule has 33 heavy (non-hydrogen) atoms. The van der Waals surface area contributed by atoms with Crippen LogP contribution in [0.25, 0.3) is 22.6 Å². The summed E-state index contributed by atoms with van der Waals surface area (Å²) in [5.74, 6) is 1.76. The van der Waals surface area contributed by atoms with Gasteiger partial charge in [0.25, 0.3) is 0 Å². The zero-order valence-electron chi connectivity index (χ0n) is 18.7. The molecule has 5 rings (SSSR count). The Morgan fingerprint density at radius 1 is 1.21 bits per heavy atom.